The summed E-state index contributed by atoms with van der Waals surface area (Å²) in [6, 6.07) is 6.65. The van der Waals surface area contributed by atoms with Gasteiger partial charge >= 0.3 is 0 Å². The Labute approximate surface area is 112 Å². The SMILES string of the molecule is Cc1ccc(-n2c(N)nc3ccc(F)c(F)c32)c(F)c1. The third kappa shape index (κ3) is 1.72. The summed E-state index contributed by atoms with van der Waals surface area (Å²) in [7, 11) is 0. The molecule has 0 saturated carbocycles. The van der Waals surface area contributed by atoms with Gasteiger partial charge in [0.1, 0.15) is 11.3 Å². The van der Waals surface area contributed by atoms with E-state index in [9.17, 15) is 13.2 Å². The summed E-state index contributed by atoms with van der Waals surface area (Å²) < 4.78 is 42.4. The van der Waals surface area contributed by atoms with Gasteiger partial charge in [-0.3, -0.25) is 4.57 Å². The van der Waals surface area contributed by atoms with Crippen molar-refractivity contribution in [3.8, 4) is 5.69 Å². The van der Waals surface area contributed by atoms with Crippen LogP contribution >= 0.6 is 0 Å². The second kappa shape index (κ2) is 4.26. The number of imidazole rings is 1. The molecule has 3 aromatic rings. The molecular formula is C14H10F3N3. The monoisotopic (exact) mass is 277 g/mol. The van der Waals surface area contributed by atoms with Crippen molar-refractivity contribution in [1.82, 2.24) is 9.55 Å². The highest BCUT2D eigenvalue weighted by Gasteiger charge is 2.19. The van der Waals surface area contributed by atoms with E-state index >= 15 is 0 Å². The lowest BCUT2D eigenvalue weighted by atomic mass is 10.2. The summed E-state index contributed by atoms with van der Waals surface area (Å²) in [5.41, 5.74) is 6.44. The number of fused-ring (bicyclic) bond motifs is 1. The minimum Gasteiger partial charge on any atom is -0.369 e. The van der Waals surface area contributed by atoms with E-state index in [1.165, 1.54) is 18.2 Å². The maximum atomic E-state index is 14.0. The fraction of sp³-hybridized carbons (Fsp3) is 0.0714. The number of halogens is 3. The molecule has 0 atom stereocenters. The number of nitrogens with zero attached hydrogens (tertiary/aromatic N) is 2. The van der Waals surface area contributed by atoms with Crippen LogP contribution in [0, 0.1) is 24.4 Å². The molecule has 0 aliphatic carbocycles. The van der Waals surface area contributed by atoms with Crippen LogP contribution in [-0.2, 0) is 0 Å². The third-order valence-electron chi connectivity index (χ3n) is 3.08. The van der Waals surface area contributed by atoms with Crippen LogP contribution in [0.1, 0.15) is 5.56 Å². The molecule has 0 aliphatic heterocycles. The van der Waals surface area contributed by atoms with Gasteiger partial charge in [0.2, 0.25) is 5.95 Å². The second-order valence-corrected chi connectivity index (χ2v) is 4.49. The van der Waals surface area contributed by atoms with Crippen LogP contribution in [-0.4, -0.2) is 9.55 Å². The third-order valence-corrected chi connectivity index (χ3v) is 3.08. The zero-order valence-corrected chi connectivity index (χ0v) is 10.5. The number of anilines is 1. The predicted octanol–water partition coefficient (Wildman–Crippen LogP) is 3.33. The summed E-state index contributed by atoms with van der Waals surface area (Å²) >= 11 is 0. The standard InChI is InChI=1S/C14H10F3N3/c1-7-2-5-11(9(16)6-7)20-13-10(19-14(20)18)4-3-8(15)12(13)17/h2-6H,1H3,(H2,18,19). The second-order valence-electron chi connectivity index (χ2n) is 4.49. The van der Waals surface area contributed by atoms with Crippen LogP contribution in [0.25, 0.3) is 16.7 Å². The first-order valence-corrected chi connectivity index (χ1v) is 5.87. The molecule has 2 N–H and O–H groups in total. The molecule has 1 aromatic heterocycles. The average molecular weight is 277 g/mol. The molecule has 0 bridgehead atoms. The van der Waals surface area contributed by atoms with E-state index in [1.807, 2.05) is 0 Å². The van der Waals surface area contributed by atoms with E-state index in [-0.39, 0.29) is 22.7 Å². The predicted molar refractivity (Wildman–Crippen MR) is 70.1 cm³/mol. The fourth-order valence-corrected chi connectivity index (χ4v) is 2.16. The quantitative estimate of drug-likeness (QED) is 0.741. The molecular weight excluding hydrogens is 267 g/mol. The molecule has 0 fully saturated rings. The number of nitrogens with two attached hydrogens (primary N) is 1. The lowest BCUT2D eigenvalue weighted by Gasteiger charge is -2.09. The highest BCUT2D eigenvalue weighted by Crippen LogP contribution is 2.28. The van der Waals surface area contributed by atoms with E-state index in [0.29, 0.717) is 5.56 Å². The van der Waals surface area contributed by atoms with E-state index in [4.69, 9.17) is 5.73 Å². The minimum absolute atomic E-state index is 0.0279. The Hall–Kier alpha value is -2.50. The highest BCUT2D eigenvalue weighted by atomic mass is 19.2. The number of benzene rings is 2. The Balaban J connectivity index is 2.41. The van der Waals surface area contributed by atoms with Crippen LogP contribution in [0.15, 0.2) is 30.3 Å². The highest BCUT2D eigenvalue weighted by molar-refractivity contribution is 5.81. The first kappa shape index (κ1) is 12.5. The van der Waals surface area contributed by atoms with Gasteiger partial charge in [-0.1, -0.05) is 6.07 Å². The maximum Gasteiger partial charge on any atom is 0.206 e. The van der Waals surface area contributed by atoms with Crippen molar-refractivity contribution in [2.45, 2.75) is 6.92 Å². The van der Waals surface area contributed by atoms with Gasteiger partial charge < -0.3 is 5.73 Å². The van der Waals surface area contributed by atoms with Gasteiger partial charge in [-0.05, 0) is 36.8 Å². The van der Waals surface area contributed by atoms with Gasteiger partial charge in [-0.15, -0.1) is 0 Å². The Morgan fingerprint density at radius 1 is 1.05 bits per heavy atom. The molecule has 102 valence electrons. The van der Waals surface area contributed by atoms with Crippen LogP contribution in [0.4, 0.5) is 19.1 Å². The summed E-state index contributed by atoms with van der Waals surface area (Å²) in [5.74, 6) is -2.83. The van der Waals surface area contributed by atoms with Gasteiger partial charge in [-0.25, -0.2) is 18.2 Å². The topological polar surface area (TPSA) is 43.8 Å². The lowest BCUT2D eigenvalue weighted by molar-refractivity contribution is 0.514. The number of aryl methyl sites for hydroxylation is 1. The van der Waals surface area contributed by atoms with Crippen molar-refractivity contribution in [3.05, 3.63) is 53.3 Å². The van der Waals surface area contributed by atoms with Gasteiger partial charge in [-0.2, -0.15) is 0 Å². The molecule has 0 aliphatic rings. The summed E-state index contributed by atoms with van der Waals surface area (Å²) in [5, 5.41) is 0. The molecule has 6 heteroatoms. The number of hydrogen-bond acceptors (Lipinski definition) is 2. The Bertz CT molecular complexity index is 824. The minimum atomic E-state index is -1.10. The largest absolute Gasteiger partial charge is 0.369 e. The Morgan fingerprint density at radius 2 is 1.80 bits per heavy atom. The first-order chi connectivity index (χ1) is 9.49. The average Bonchev–Trinajstić information content (AvgIpc) is 2.72. The van der Waals surface area contributed by atoms with Crippen molar-refractivity contribution in [2.24, 2.45) is 0 Å². The van der Waals surface area contributed by atoms with Gasteiger partial charge in [0, 0.05) is 0 Å². The van der Waals surface area contributed by atoms with Crippen molar-refractivity contribution >= 4 is 17.0 Å². The molecule has 2 aromatic carbocycles. The van der Waals surface area contributed by atoms with Gasteiger partial charge in [0.05, 0.1) is 11.2 Å². The van der Waals surface area contributed by atoms with E-state index < -0.39 is 17.5 Å². The molecule has 20 heavy (non-hydrogen) atoms. The Morgan fingerprint density at radius 3 is 2.50 bits per heavy atom. The van der Waals surface area contributed by atoms with Crippen molar-refractivity contribution < 1.29 is 13.2 Å². The van der Waals surface area contributed by atoms with Gasteiger partial charge in [0.25, 0.3) is 0 Å². The smallest absolute Gasteiger partial charge is 0.206 e. The van der Waals surface area contributed by atoms with Crippen molar-refractivity contribution in [2.75, 3.05) is 5.73 Å². The molecule has 3 rings (SSSR count). The lowest BCUT2D eigenvalue weighted by Crippen LogP contribution is -2.04. The van der Waals surface area contributed by atoms with E-state index in [0.717, 1.165) is 10.6 Å². The Kier molecular flexibility index (Phi) is 2.67. The van der Waals surface area contributed by atoms with Crippen molar-refractivity contribution in [1.29, 1.82) is 0 Å². The molecule has 1 heterocycles. The van der Waals surface area contributed by atoms with Crippen LogP contribution in [0.3, 0.4) is 0 Å². The normalized spacial score (nSPS) is 11.2. The van der Waals surface area contributed by atoms with Gasteiger partial charge in [0.15, 0.2) is 11.6 Å². The maximum absolute atomic E-state index is 14.0. The molecule has 0 unspecified atom stereocenters. The summed E-state index contributed by atoms with van der Waals surface area (Å²) in [6.45, 7) is 1.72. The zero-order valence-electron chi connectivity index (χ0n) is 10.5. The number of aromatic nitrogens is 2. The number of nitrogen functional groups attached to an aromatic ring is 1. The molecule has 0 saturated heterocycles. The van der Waals surface area contributed by atoms with Crippen molar-refractivity contribution in [3.63, 3.8) is 0 Å². The number of rotatable bonds is 1. The number of hydrogen-bond donors (Lipinski definition) is 1. The van der Waals surface area contributed by atoms with Crippen LogP contribution in [0.2, 0.25) is 0 Å². The molecule has 3 nitrogen and oxygen atoms in total. The zero-order chi connectivity index (χ0) is 14.4. The summed E-state index contributed by atoms with van der Waals surface area (Å²) in [6.07, 6.45) is 0. The molecule has 0 radical (unpaired) electrons. The molecule has 0 spiro atoms. The summed E-state index contributed by atoms with van der Waals surface area (Å²) in [4.78, 5) is 3.92. The van der Waals surface area contributed by atoms with E-state index in [1.54, 1.807) is 13.0 Å². The van der Waals surface area contributed by atoms with E-state index in [2.05, 4.69) is 4.98 Å². The fourth-order valence-electron chi connectivity index (χ4n) is 2.16. The molecule has 0 amide bonds. The van der Waals surface area contributed by atoms with Crippen LogP contribution in [0.5, 0.6) is 0 Å². The van der Waals surface area contributed by atoms with Crippen LogP contribution < -0.4 is 5.73 Å². The first-order valence-electron chi connectivity index (χ1n) is 5.87.